The Bertz CT molecular complexity index is 250. The first-order valence-electron chi connectivity index (χ1n) is 8.53. The number of rotatable bonds is 4. The lowest BCUT2D eigenvalue weighted by molar-refractivity contribution is 0.178. The molecular weight excluding hydrogens is 232 g/mol. The lowest BCUT2D eigenvalue weighted by Gasteiger charge is -2.40. The number of hydrogen-bond donors (Lipinski definition) is 2. The molecule has 2 aliphatic rings. The highest BCUT2D eigenvalue weighted by atomic mass is 15.0. The van der Waals surface area contributed by atoms with E-state index in [0.29, 0.717) is 5.41 Å². The maximum Gasteiger partial charge on any atom is 0.0110 e. The summed E-state index contributed by atoms with van der Waals surface area (Å²) in [5.41, 5.74) is 0.459. The molecule has 0 bridgehead atoms. The molecule has 3 unspecified atom stereocenters. The molecule has 19 heavy (non-hydrogen) atoms. The first-order valence-corrected chi connectivity index (χ1v) is 8.53. The average Bonchev–Trinajstić information content (AvgIpc) is 2.39. The summed E-state index contributed by atoms with van der Waals surface area (Å²) in [6.45, 7) is 9.47. The number of hydrogen-bond acceptors (Lipinski definition) is 2. The summed E-state index contributed by atoms with van der Waals surface area (Å²) in [7, 11) is 0. The first-order chi connectivity index (χ1) is 9.06. The van der Waals surface area contributed by atoms with Gasteiger partial charge in [0.2, 0.25) is 0 Å². The Balaban J connectivity index is 1.81. The standard InChI is InChI=1S/C17H34N2/c1-17(2,3)11-13-19-16-9-5-4-8-14(16)15-10-6-7-12-18-15/h14-16,18-19H,4-13H2,1-3H3. The largest absolute Gasteiger partial charge is 0.314 e. The van der Waals surface area contributed by atoms with Gasteiger partial charge in [-0.2, -0.15) is 0 Å². The fourth-order valence-corrected chi connectivity index (χ4v) is 3.77. The molecule has 0 amide bonds. The first kappa shape index (κ1) is 15.3. The van der Waals surface area contributed by atoms with Crippen LogP contribution in [0, 0.1) is 11.3 Å². The van der Waals surface area contributed by atoms with Crippen LogP contribution >= 0.6 is 0 Å². The van der Waals surface area contributed by atoms with Crippen LogP contribution in [0.2, 0.25) is 0 Å². The van der Waals surface area contributed by atoms with Crippen LogP contribution in [0.1, 0.15) is 72.1 Å². The molecule has 2 rings (SSSR count). The quantitative estimate of drug-likeness (QED) is 0.810. The Morgan fingerprint density at radius 2 is 1.74 bits per heavy atom. The van der Waals surface area contributed by atoms with Gasteiger partial charge in [0.25, 0.3) is 0 Å². The highest BCUT2D eigenvalue weighted by Gasteiger charge is 2.32. The van der Waals surface area contributed by atoms with Gasteiger partial charge in [0.15, 0.2) is 0 Å². The van der Waals surface area contributed by atoms with Crippen LogP contribution in [0.4, 0.5) is 0 Å². The maximum atomic E-state index is 3.89. The van der Waals surface area contributed by atoms with E-state index in [9.17, 15) is 0 Å². The highest BCUT2D eigenvalue weighted by Crippen LogP contribution is 2.30. The monoisotopic (exact) mass is 266 g/mol. The van der Waals surface area contributed by atoms with Gasteiger partial charge in [-0.15, -0.1) is 0 Å². The van der Waals surface area contributed by atoms with Gasteiger partial charge < -0.3 is 10.6 Å². The minimum Gasteiger partial charge on any atom is -0.314 e. The second-order valence-electron chi connectivity index (χ2n) is 7.88. The Morgan fingerprint density at radius 3 is 2.42 bits per heavy atom. The van der Waals surface area contributed by atoms with Crippen molar-refractivity contribution in [1.29, 1.82) is 0 Å². The zero-order chi connectivity index (χ0) is 13.7. The molecule has 0 spiro atoms. The Morgan fingerprint density at radius 1 is 1.00 bits per heavy atom. The van der Waals surface area contributed by atoms with Gasteiger partial charge in [-0.25, -0.2) is 0 Å². The fraction of sp³-hybridized carbons (Fsp3) is 1.00. The molecule has 2 heteroatoms. The minimum atomic E-state index is 0.459. The molecule has 1 heterocycles. The van der Waals surface area contributed by atoms with E-state index in [1.165, 1.54) is 64.5 Å². The summed E-state index contributed by atoms with van der Waals surface area (Å²) in [6, 6.07) is 1.56. The molecule has 0 aromatic rings. The zero-order valence-electron chi connectivity index (χ0n) is 13.3. The average molecular weight is 266 g/mol. The van der Waals surface area contributed by atoms with Crippen LogP contribution in [-0.2, 0) is 0 Å². The van der Waals surface area contributed by atoms with Crippen LogP contribution in [0.25, 0.3) is 0 Å². The number of piperidine rings is 1. The summed E-state index contributed by atoms with van der Waals surface area (Å²) >= 11 is 0. The Kier molecular flexibility index (Phi) is 5.70. The van der Waals surface area contributed by atoms with Crippen molar-refractivity contribution in [3.8, 4) is 0 Å². The van der Waals surface area contributed by atoms with Crippen molar-refractivity contribution in [2.24, 2.45) is 11.3 Å². The molecular formula is C17H34N2. The van der Waals surface area contributed by atoms with Crippen LogP contribution in [0.5, 0.6) is 0 Å². The molecule has 0 aromatic heterocycles. The lowest BCUT2D eigenvalue weighted by atomic mass is 9.77. The molecule has 0 radical (unpaired) electrons. The van der Waals surface area contributed by atoms with E-state index < -0.39 is 0 Å². The van der Waals surface area contributed by atoms with Gasteiger partial charge >= 0.3 is 0 Å². The highest BCUT2D eigenvalue weighted by molar-refractivity contribution is 4.90. The van der Waals surface area contributed by atoms with Crippen LogP contribution in [-0.4, -0.2) is 25.2 Å². The zero-order valence-corrected chi connectivity index (χ0v) is 13.3. The van der Waals surface area contributed by atoms with E-state index >= 15 is 0 Å². The minimum absolute atomic E-state index is 0.459. The molecule has 1 saturated heterocycles. The Hall–Kier alpha value is -0.0800. The van der Waals surface area contributed by atoms with Crippen molar-refractivity contribution >= 4 is 0 Å². The normalized spacial score (nSPS) is 33.3. The van der Waals surface area contributed by atoms with Crippen molar-refractivity contribution in [3.63, 3.8) is 0 Å². The topological polar surface area (TPSA) is 24.1 Å². The molecule has 0 aromatic carbocycles. The van der Waals surface area contributed by atoms with Crippen molar-refractivity contribution in [3.05, 3.63) is 0 Å². The van der Waals surface area contributed by atoms with E-state index in [2.05, 4.69) is 31.4 Å². The molecule has 2 N–H and O–H groups in total. The van der Waals surface area contributed by atoms with Crippen molar-refractivity contribution in [2.45, 2.75) is 84.2 Å². The van der Waals surface area contributed by atoms with Crippen molar-refractivity contribution in [2.75, 3.05) is 13.1 Å². The predicted molar refractivity (Wildman–Crippen MR) is 83.5 cm³/mol. The van der Waals surface area contributed by atoms with Gasteiger partial charge in [0, 0.05) is 12.1 Å². The van der Waals surface area contributed by atoms with Crippen LogP contribution in [0.15, 0.2) is 0 Å². The molecule has 1 saturated carbocycles. The van der Waals surface area contributed by atoms with E-state index in [4.69, 9.17) is 0 Å². The van der Waals surface area contributed by atoms with E-state index in [1.54, 1.807) is 0 Å². The molecule has 2 fully saturated rings. The van der Waals surface area contributed by atoms with Crippen LogP contribution in [0.3, 0.4) is 0 Å². The Labute approximate surface area is 120 Å². The molecule has 1 aliphatic heterocycles. The third-order valence-electron chi connectivity index (χ3n) is 4.97. The molecule has 3 atom stereocenters. The summed E-state index contributed by atoms with van der Waals surface area (Å²) < 4.78 is 0. The van der Waals surface area contributed by atoms with E-state index in [0.717, 1.165) is 18.0 Å². The van der Waals surface area contributed by atoms with Gasteiger partial charge in [-0.3, -0.25) is 0 Å². The third kappa shape index (κ3) is 5.07. The summed E-state index contributed by atoms with van der Waals surface area (Å²) in [6.07, 6.45) is 11.2. The molecule has 1 aliphatic carbocycles. The molecule has 2 nitrogen and oxygen atoms in total. The van der Waals surface area contributed by atoms with Crippen molar-refractivity contribution < 1.29 is 0 Å². The second-order valence-corrected chi connectivity index (χ2v) is 7.88. The van der Waals surface area contributed by atoms with Crippen molar-refractivity contribution in [1.82, 2.24) is 10.6 Å². The molecule has 112 valence electrons. The maximum absolute atomic E-state index is 3.89. The second kappa shape index (κ2) is 7.08. The van der Waals surface area contributed by atoms with Gasteiger partial charge in [-0.1, -0.05) is 40.0 Å². The van der Waals surface area contributed by atoms with Gasteiger partial charge in [-0.05, 0) is 56.5 Å². The number of nitrogens with one attached hydrogen (secondary N) is 2. The SMILES string of the molecule is CC(C)(C)CCNC1CCCCC1C1CCCCN1. The van der Waals surface area contributed by atoms with Crippen LogP contribution < -0.4 is 10.6 Å². The van der Waals surface area contributed by atoms with Gasteiger partial charge in [0.05, 0.1) is 0 Å². The third-order valence-corrected chi connectivity index (χ3v) is 4.97. The summed E-state index contributed by atoms with van der Waals surface area (Å²) in [4.78, 5) is 0. The van der Waals surface area contributed by atoms with E-state index in [-0.39, 0.29) is 0 Å². The lowest BCUT2D eigenvalue weighted by Crippen LogP contribution is -2.50. The summed E-state index contributed by atoms with van der Waals surface area (Å²) in [5.74, 6) is 0.883. The predicted octanol–water partition coefficient (Wildman–Crippen LogP) is 3.71. The fourth-order valence-electron chi connectivity index (χ4n) is 3.77. The van der Waals surface area contributed by atoms with E-state index in [1.807, 2.05) is 0 Å². The van der Waals surface area contributed by atoms with Gasteiger partial charge in [0.1, 0.15) is 0 Å². The smallest absolute Gasteiger partial charge is 0.0110 e. The summed E-state index contributed by atoms with van der Waals surface area (Å²) in [5, 5.41) is 7.67.